The van der Waals surface area contributed by atoms with Crippen molar-refractivity contribution in [3.8, 4) is 0 Å². The quantitative estimate of drug-likeness (QED) is 0.252. The van der Waals surface area contributed by atoms with Crippen LogP contribution in [0.3, 0.4) is 0 Å². The van der Waals surface area contributed by atoms with Crippen LogP contribution in [0.5, 0.6) is 0 Å². The Morgan fingerprint density at radius 1 is 0.880 bits per heavy atom. The highest BCUT2D eigenvalue weighted by atomic mass is 19.3. The Balaban J connectivity index is 1.17. The minimum absolute atomic E-state index is 0.109. The van der Waals surface area contributed by atoms with E-state index in [1.807, 2.05) is 47.4 Å². The van der Waals surface area contributed by atoms with Crippen LogP contribution < -0.4 is 16.0 Å². The van der Waals surface area contributed by atoms with E-state index in [-0.39, 0.29) is 56.2 Å². The van der Waals surface area contributed by atoms with Crippen molar-refractivity contribution in [3.05, 3.63) is 89.2 Å². The number of piperazine rings is 1. The first-order valence-electron chi connectivity index (χ1n) is 17.4. The van der Waals surface area contributed by atoms with Gasteiger partial charge in [0.05, 0.1) is 0 Å². The number of aryl methyl sites for hydroxylation is 1. The van der Waals surface area contributed by atoms with Crippen LogP contribution in [0.15, 0.2) is 66.9 Å². The number of hydrogen-bond acceptors (Lipinski definition) is 6. The average molecular weight is 692 g/mol. The molecule has 4 amide bonds. The lowest BCUT2D eigenvalue weighted by molar-refractivity contribution is -0.138. The molecule has 1 saturated heterocycles. The fraction of sp³-hybridized carbons (Fsp3) is 0.486. The van der Waals surface area contributed by atoms with Gasteiger partial charge in [0.1, 0.15) is 17.8 Å². The van der Waals surface area contributed by atoms with Crippen LogP contribution in [-0.4, -0.2) is 87.4 Å². The Morgan fingerprint density at radius 2 is 1.54 bits per heavy atom. The van der Waals surface area contributed by atoms with E-state index in [0.717, 1.165) is 30.8 Å². The van der Waals surface area contributed by atoms with Gasteiger partial charge in [-0.2, -0.15) is 5.10 Å². The Labute approximate surface area is 291 Å². The Morgan fingerprint density at radius 3 is 2.16 bits per heavy atom. The lowest BCUT2D eigenvalue weighted by Crippen LogP contribution is -2.55. The molecule has 1 aromatic heterocycles. The summed E-state index contributed by atoms with van der Waals surface area (Å²) < 4.78 is 29.2. The van der Waals surface area contributed by atoms with E-state index in [4.69, 9.17) is 0 Å². The van der Waals surface area contributed by atoms with Crippen molar-refractivity contribution in [1.29, 1.82) is 0 Å². The predicted molar refractivity (Wildman–Crippen MR) is 184 cm³/mol. The molecular formula is C37H47F2N7O4. The van der Waals surface area contributed by atoms with Gasteiger partial charge in [0, 0.05) is 78.2 Å². The molecule has 2 aromatic carbocycles. The molecule has 268 valence electrons. The second kappa shape index (κ2) is 16.8. The maximum absolute atomic E-state index is 13.9. The number of aromatic nitrogens is 2. The summed E-state index contributed by atoms with van der Waals surface area (Å²) in [5.41, 5.74) is 3.12. The first-order valence-corrected chi connectivity index (χ1v) is 17.4. The highest BCUT2D eigenvalue weighted by molar-refractivity contribution is 5.96. The summed E-state index contributed by atoms with van der Waals surface area (Å²) in [4.78, 5) is 56.6. The summed E-state index contributed by atoms with van der Waals surface area (Å²) in [6.45, 7) is 5.38. The number of amides is 4. The number of rotatable bonds is 13. The zero-order valence-electron chi connectivity index (χ0n) is 28.7. The van der Waals surface area contributed by atoms with Gasteiger partial charge in [-0.05, 0) is 41.5 Å². The van der Waals surface area contributed by atoms with Gasteiger partial charge in [-0.1, -0.05) is 61.5 Å². The number of carbonyl (C=O) groups excluding carboxylic acids is 4. The molecule has 3 N–H and O–H groups in total. The standard InChI is InChI=1S/C37H47F2N7O4/c1-3-32(47)42-30(36(50)46-21-19-45(20-22-46)25-28-7-5-4-6-8-28)23-26-9-11-27(12-10-26)24-40-35(49)33(29-13-16-37(38,39)17-14-29)43-34(48)31-15-18-41-44(31)2/h4-12,15,18,29-30,33H,3,13-14,16-17,19-25H2,1-2H3,(H,40,49)(H,42,47)(H,43,48)/t30?,33-/m0/s1. The van der Waals surface area contributed by atoms with E-state index < -0.39 is 35.7 Å². The van der Waals surface area contributed by atoms with Crippen LogP contribution in [-0.2, 0) is 40.9 Å². The number of hydrogen-bond donors (Lipinski definition) is 3. The SMILES string of the molecule is CCC(=O)NC(Cc1ccc(CNC(=O)[C@@H](NC(=O)c2ccnn2C)C2CCC(F)(F)CC2)cc1)C(=O)N1CCN(Cc2ccccc2)CC1. The molecule has 13 heteroatoms. The third-order valence-corrected chi connectivity index (χ3v) is 9.67. The predicted octanol–water partition coefficient (Wildman–Crippen LogP) is 3.44. The molecule has 3 aromatic rings. The van der Waals surface area contributed by atoms with Crippen LogP contribution >= 0.6 is 0 Å². The van der Waals surface area contributed by atoms with Crippen molar-refractivity contribution in [2.75, 3.05) is 26.2 Å². The van der Waals surface area contributed by atoms with E-state index in [2.05, 4.69) is 38.1 Å². The Hall–Kier alpha value is -4.65. The van der Waals surface area contributed by atoms with Crippen LogP contribution in [0, 0.1) is 5.92 Å². The van der Waals surface area contributed by atoms with E-state index in [1.165, 1.54) is 22.5 Å². The number of carbonyl (C=O) groups is 4. The molecule has 2 aliphatic rings. The lowest BCUT2D eigenvalue weighted by Gasteiger charge is -2.36. The van der Waals surface area contributed by atoms with E-state index in [0.29, 0.717) is 19.5 Å². The largest absolute Gasteiger partial charge is 0.350 e. The number of nitrogens with zero attached hydrogens (tertiary/aromatic N) is 4. The van der Waals surface area contributed by atoms with Crippen LogP contribution in [0.4, 0.5) is 8.78 Å². The molecule has 2 heterocycles. The topological polar surface area (TPSA) is 129 Å². The molecule has 1 aliphatic carbocycles. The normalized spacial score (nSPS) is 17.8. The molecule has 1 unspecified atom stereocenters. The van der Waals surface area contributed by atoms with Crippen molar-refractivity contribution in [2.24, 2.45) is 13.0 Å². The minimum atomic E-state index is -2.77. The minimum Gasteiger partial charge on any atom is -0.350 e. The molecule has 2 atom stereocenters. The molecule has 1 saturated carbocycles. The third-order valence-electron chi connectivity index (χ3n) is 9.67. The Bertz CT molecular complexity index is 1600. The number of alkyl halides is 2. The summed E-state index contributed by atoms with van der Waals surface area (Å²) in [6, 6.07) is 17.5. The summed E-state index contributed by atoms with van der Waals surface area (Å²) in [6.07, 6.45) is 1.61. The van der Waals surface area contributed by atoms with Gasteiger partial charge in [-0.3, -0.25) is 28.8 Å². The van der Waals surface area contributed by atoms with Crippen LogP contribution in [0.1, 0.15) is 66.2 Å². The van der Waals surface area contributed by atoms with Crippen molar-refractivity contribution < 1.29 is 28.0 Å². The average Bonchev–Trinajstić information content (AvgIpc) is 3.56. The van der Waals surface area contributed by atoms with Gasteiger partial charge in [-0.15, -0.1) is 0 Å². The molecule has 1 aliphatic heterocycles. The summed E-state index contributed by atoms with van der Waals surface area (Å²) >= 11 is 0. The van der Waals surface area contributed by atoms with E-state index >= 15 is 0 Å². The zero-order valence-corrected chi connectivity index (χ0v) is 28.7. The summed E-state index contributed by atoms with van der Waals surface area (Å²) in [7, 11) is 1.61. The summed E-state index contributed by atoms with van der Waals surface area (Å²) in [5, 5.41) is 12.5. The maximum atomic E-state index is 13.9. The summed E-state index contributed by atoms with van der Waals surface area (Å²) in [5.74, 6) is -4.46. The van der Waals surface area contributed by atoms with Crippen molar-refractivity contribution in [1.82, 2.24) is 35.5 Å². The molecule has 0 spiro atoms. The van der Waals surface area contributed by atoms with E-state index in [1.54, 1.807) is 14.0 Å². The molecule has 2 fully saturated rings. The Kier molecular flexibility index (Phi) is 12.3. The second-order valence-corrected chi connectivity index (χ2v) is 13.3. The highest BCUT2D eigenvalue weighted by Gasteiger charge is 2.40. The number of halogens is 2. The molecule has 11 nitrogen and oxygen atoms in total. The van der Waals surface area contributed by atoms with Gasteiger partial charge in [0.15, 0.2) is 0 Å². The highest BCUT2D eigenvalue weighted by Crippen LogP contribution is 2.37. The van der Waals surface area contributed by atoms with E-state index in [9.17, 15) is 28.0 Å². The first-order chi connectivity index (χ1) is 24.0. The lowest BCUT2D eigenvalue weighted by atomic mass is 9.81. The van der Waals surface area contributed by atoms with Crippen molar-refractivity contribution in [2.45, 2.75) is 76.5 Å². The van der Waals surface area contributed by atoms with Gasteiger partial charge in [-0.25, -0.2) is 8.78 Å². The number of nitrogens with one attached hydrogen (secondary N) is 3. The molecule has 0 bridgehead atoms. The molecule has 50 heavy (non-hydrogen) atoms. The van der Waals surface area contributed by atoms with Crippen molar-refractivity contribution >= 4 is 23.6 Å². The van der Waals surface area contributed by atoms with Gasteiger partial charge < -0.3 is 20.9 Å². The zero-order chi connectivity index (χ0) is 35.7. The number of benzene rings is 2. The fourth-order valence-electron chi connectivity index (χ4n) is 6.62. The molecule has 0 radical (unpaired) electrons. The third kappa shape index (κ3) is 9.96. The smallest absolute Gasteiger partial charge is 0.270 e. The second-order valence-electron chi connectivity index (χ2n) is 13.3. The van der Waals surface area contributed by atoms with Gasteiger partial charge >= 0.3 is 0 Å². The first kappa shape index (κ1) is 36.6. The van der Waals surface area contributed by atoms with Crippen LogP contribution in [0.2, 0.25) is 0 Å². The molecule has 5 rings (SSSR count). The van der Waals surface area contributed by atoms with Gasteiger partial charge in [0.2, 0.25) is 23.6 Å². The monoisotopic (exact) mass is 691 g/mol. The fourth-order valence-corrected chi connectivity index (χ4v) is 6.62. The van der Waals surface area contributed by atoms with Crippen molar-refractivity contribution in [3.63, 3.8) is 0 Å². The molecular weight excluding hydrogens is 644 g/mol. The maximum Gasteiger partial charge on any atom is 0.270 e. The van der Waals surface area contributed by atoms with Gasteiger partial charge in [0.25, 0.3) is 5.91 Å². The van der Waals surface area contributed by atoms with Crippen LogP contribution in [0.25, 0.3) is 0 Å².